The van der Waals surface area contributed by atoms with E-state index in [0.717, 1.165) is 0 Å². The third-order valence-electron chi connectivity index (χ3n) is 4.87. The van der Waals surface area contributed by atoms with Gasteiger partial charge in [-0.1, -0.05) is 30.9 Å². The van der Waals surface area contributed by atoms with E-state index in [4.69, 9.17) is 9.47 Å². The molecule has 0 aliphatic carbocycles. The topological polar surface area (TPSA) is 72.9 Å². The molecule has 2 aromatic carbocycles. The summed E-state index contributed by atoms with van der Waals surface area (Å²) in [5.41, 5.74) is 1.47. The molecule has 6 nitrogen and oxygen atoms in total. The molecule has 0 N–H and O–H groups in total. The molecule has 0 bridgehead atoms. The second-order valence-electron chi connectivity index (χ2n) is 6.37. The molecule has 4 rings (SSSR count). The minimum Gasteiger partial charge on any atom is -0.336 e. The molecule has 1 amide bonds. The van der Waals surface area contributed by atoms with Crippen molar-refractivity contribution in [2.24, 2.45) is 0 Å². The molecule has 0 saturated carbocycles. The van der Waals surface area contributed by atoms with Gasteiger partial charge in [-0.05, 0) is 43.3 Å². The van der Waals surface area contributed by atoms with Crippen molar-refractivity contribution in [1.29, 1.82) is 0 Å². The molecule has 2 aliphatic heterocycles. The third kappa shape index (κ3) is 2.55. The van der Waals surface area contributed by atoms with Crippen LogP contribution in [0.4, 0.5) is 5.69 Å². The lowest BCUT2D eigenvalue weighted by molar-refractivity contribution is -0.180. The lowest BCUT2D eigenvalue weighted by Gasteiger charge is -2.22. The molecule has 1 fully saturated rings. The molecule has 0 atom stereocenters. The third-order valence-corrected chi connectivity index (χ3v) is 6.64. The van der Waals surface area contributed by atoms with Crippen LogP contribution in [-0.4, -0.2) is 27.5 Å². The van der Waals surface area contributed by atoms with E-state index >= 15 is 0 Å². The van der Waals surface area contributed by atoms with E-state index in [-0.39, 0.29) is 23.0 Å². The van der Waals surface area contributed by atoms with Gasteiger partial charge < -0.3 is 9.47 Å². The van der Waals surface area contributed by atoms with Crippen LogP contribution in [0.1, 0.15) is 12.5 Å². The number of fused-ring (bicyclic) bond motifs is 2. The van der Waals surface area contributed by atoms with Gasteiger partial charge in [0.25, 0.3) is 11.7 Å². The second-order valence-corrected chi connectivity index (χ2v) is 8.32. The first-order chi connectivity index (χ1) is 13.5. The van der Waals surface area contributed by atoms with Crippen LogP contribution in [-0.2, 0) is 29.9 Å². The van der Waals surface area contributed by atoms with E-state index in [1.165, 1.54) is 29.2 Å². The van der Waals surface area contributed by atoms with Gasteiger partial charge >= 0.3 is 0 Å². The van der Waals surface area contributed by atoms with Crippen LogP contribution in [0.3, 0.4) is 0 Å². The standard InChI is InChI=1S/C21H19NO5S/c1-3-15(4-2)22-19-11-10-17(28(24,25)16-8-6-5-7-9-16)14-18(19)21(20(22)23)26-12-13-27-21/h3-11,14H,1,12-13H2,2H3/b15-4+. The molecule has 2 aromatic rings. The summed E-state index contributed by atoms with van der Waals surface area (Å²) in [4.78, 5) is 14.9. The second kappa shape index (κ2) is 6.70. The van der Waals surface area contributed by atoms with E-state index in [1.54, 1.807) is 43.3 Å². The van der Waals surface area contributed by atoms with E-state index in [2.05, 4.69) is 6.58 Å². The van der Waals surface area contributed by atoms with Crippen LogP contribution in [0.2, 0.25) is 0 Å². The van der Waals surface area contributed by atoms with E-state index in [1.807, 2.05) is 0 Å². The fourth-order valence-corrected chi connectivity index (χ4v) is 4.84. The summed E-state index contributed by atoms with van der Waals surface area (Å²) >= 11 is 0. The average molecular weight is 397 g/mol. The minimum absolute atomic E-state index is 0.0752. The Labute approximate surface area is 163 Å². The van der Waals surface area contributed by atoms with Gasteiger partial charge in [0.15, 0.2) is 0 Å². The zero-order valence-corrected chi connectivity index (χ0v) is 16.1. The lowest BCUT2D eigenvalue weighted by atomic mass is 10.1. The van der Waals surface area contributed by atoms with Crippen molar-refractivity contribution >= 4 is 21.4 Å². The molecule has 0 aromatic heterocycles. The predicted octanol–water partition coefficient (Wildman–Crippen LogP) is 3.16. The number of allylic oxidation sites excluding steroid dienone is 2. The molecule has 28 heavy (non-hydrogen) atoms. The minimum atomic E-state index is -3.75. The van der Waals surface area contributed by atoms with Gasteiger partial charge in [0.2, 0.25) is 9.84 Å². The number of carbonyl (C=O) groups excluding carboxylic acids is 1. The highest BCUT2D eigenvalue weighted by Gasteiger charge is 2.57. The van der Waals surface area contributed by atoms with Gasteiger partial charge in [-0.2, -0.15) is 0 Å². The van der Waals surface area contributed by atoms with E-state index < -0.39 is 21.5 Å². The fraction of sp³-hybridized carbons (Fsp3) is 0.190. The average Bonchev–Trinajstić information content (AvgIpc) is 3.30. The summed E-state index contributed by atoms with van der Waals surface area (Å²) in [6.45, 7) is 6.03. The summed E-state index contributed by atoms with van der Waals surface area (Å²) < 4.78 is 37.5. The monoisotopic (exact) mass is 397 g/mol. The summed E-state index contributed by atoms with van der Waals surface area (Å²) in [6, 6.07) is 12.7. The Morgan fingerprint density at radius 3 is 2.39 bits per heavy atom. The zero-order valence-electron chi connectivity index (χ0n) is 15.3. The van der Waals surface area contributed by atoms with Crippen molar-refractivity contribution in [3.8, 4) is 0 Å². The number of amides is 1. The number of hydrogen-bond donors (Lipinski definition) is 0. The number of rotatable bonds is 4. The molecule has 7 heteroatoms. The highest BCUT2D eigenvalue weighted by Crippen LogP contribution is 2.48. The summed E-state index contributed by atoms with van der Waals surface area (Å²) in [5, 5.41) is 0. The number of benzene rings is 2. The Bertz CT molecular complexity index is 1080. The fourth-order valence-electron chi connectivity index (χ4n) is 3.53. The van der Waals surface area contributed by atoms with Gasteiger partial charge in [-0.15, -0.1) is 0 Å². The normalized spacial score (nSPS) is 18.5. The van der Waals surface area contributed by atoms with E-state index in [0.29, 0.717) is 16.9 Å². The number of sulfone groups is 1. The molecule has 1 saturated heterocycles. The maximum absolute atomic E-state index is 13.2. The van der Waals surface area contributed by atoms with Crippen LogP contribution in [0, 0.1) is 0 Å². The number of hydrogen-bond acceptors (Lipinski definition) is 5. The van der Waals surface area contributed by atoms with Gasteiger partial charge in [0.05, 0.1) is 28.7 Å². The van der Waals surface area contributed by atoms with Gasteiger partial charge in [-0.25, -0.2) is 8.42 Å². The van der Waals surface area contributed by atoms with Crippen molar-refractivity contribution in [2.45, 2.75) is 22.5 Å². The molecule has 144 valence electrons. The van der Waals surface area contributed by atoms with Crippen LogP contribution in [0.15, 0.2) is 82.7 Å². The van der Waals surface area contributed by atoms with Gasteiger partial charge in [-0.3, -0.25) is 9.69 Å². The van der Waals surface area contributed by atoms with Gasteiger partial charge in [0, 0.05) is 11.3 Å². The smallest absolute Gasteiger partial charge is 0.297 e. The predicted molar refractivity (Wildman–Crippen MR) is 103 cm³/mol. The molecule has 0 radical (unpaired) electrons. The van der Waals surface area contributed by atoms with Crippen LogP contribution in [0.5, 0.6) is 0 Å². The maximum atomic E-state index is 13.2. The summed E-state index contributed by atoms with van der Waals surface area (Å²) in [6.07, 6.45) is 3.31. The van der Waals surface area contributed by atoms with E-state index in [9.17, 15) is 13.2 Å². The van der Waals surface area contributed by atoms with Crippen molar-refractivity contribution < 1.29 is 22.7 Å². The van der Waals surface area contributed by atoms with Crippen LogP contribution in [0.25, 0.3) is 0 Å². The highest BCUT2D eigenvalue weighted by atomic mass is 32.2. The number of nitrogens with zero attached hydrogens (tertiary/aromatic N) is 1. The maximum Gasteiger partial charge on any atom is 0.297 e. The first-order valence-electron chi connectivity index (χ1n) is 8.81. The Balaban J connectivity index is 1.91. The van der Waals surface area contributed by atoms with Crippen molar-refractivity contribution in [2.75, 3.05) is 18.1 Å². The van der Waals surface area contributed by atoms with Crippen molar-refractivity contribution in [1.82, 2.24) is 0 Å². The van der Waals surface area contributed by atoms with Crippen LogP contribution < -0.4 is 4.90 Å². The van der Waals surface area contributed by atoms with Crippen molar-refractivity contribution in [3.05, 3.63) is 78.5 Å². The first-order valence-corrected chi connectivity index (χ1v) is 10.3. The number of carbonyl (C=O) groups is 1. The number of anilines is 1. The quantitative estimate of drug-likeness (QED) is 0.741. The highest BCUT2D eigenvalue weighted by molar-refractivity contribution is 7.91. The molecular weight excluding hydrogens is 378 g/mol. The Morgan fingerprint density at radius 2 is 1.79 bits per heavy atom. The Hall–Kier alpha value is -2.74. The SMILES string of the molecule is C=C/C(=C\C)N1C(=O)C2(OCCO2)c2cc(S(=O)(=O)c3ccccc3)ccc21. The molecule has 1 spiro atoms. The van der Waals surface area contributed by atoms with Crippen molar-refractivity contribution in [3.63, 3.8) is 0 Å². The molecule has 2 aliphatic rings. The number of ether oxygens (including phenoxy) is 2. The zero-order chi connectivity index (χ0) is 19.9. The summed E-state index contributed by atoms with van der Waals surface area (Å²) in [7, 11) is -3.75. The van der Waals surface area contributed by atoms with Gasteiger partial charge in [0.1, 0.15) is 0 Å². The first kappa shape index (κ1) is 18.6. The molecule has 0 unspecified atom stereocenters. The summed E-state index contributed by atoms with van der Waals surface area (Å²) in [5.74, 6) is -2.04. The Morgan fingerprint density at radius 1 is 1.11 bits per heavy atom. The Kier molecular flexibility index (Phi) is 4.45. The largest absolute Gasteiger partial charge is 0.336 e. The van der Waals surface area contributed by atoms with Crippen LogP contribution >= 0.6 is 0 Å². The molecular formula is C21H19NO5S. The lowest BCUT2D eigenvalue weighted by Crippen LogP contribution is -2.40. The molecule has 2 heterocycles.